The molecule has 0 bridgehead atoms. The smallest absolute Gasteiger partial charge is 0.257 e. The molecule has 0 aliphatic carbocycles. The van der Waals surface area contributed by atoms with E-state index in [-0.39, 0.29) is 5.41 Å². The molecule has 0 spiro atoms. The minimum Gasteiger partial charge on any atom is -0.493 e. The number of fused-ring (bicyclic) bond motifs is 1. The van der Waals surface area contributed by atoms with E-state index in [2.05, 4.69) is 36.2 Å². The molecular formula is C30H37N3O6. The van der Waals surface area contributed by atoms with Crippen molar-refractivity contribution in [1.82, 2.24) is 4.90 Å². The van der Waals surface area contributed by atoms with Gasteiger partial charge in [0.2, 0.25) is 0 Å². The van der Waals surface area contributed by atoms with Gasteiger partial charge in [0.05, 0.1) is 33.1 Å². The number of carbonyl (C=O) groups is 1. The number of ether oxygens (including phenoxy) is 4. The Kier molecular flexibility index (Phi) is 9.04. The summed E-state index contributed by atoms with van der Waals surface area (Å²) in [6.45, 7) is 10.7. The first kappa shape index (κ1) is 28.3. The van der Waals surface area contributed by atoms with Gasteiger partial charge in [-0.3, -0.25) is 9.69 Å². The van der Waals surface area contributed by atoms with Crippen LogP contribution in [0.3, 0.4) is 0 Å². The van der Waals surface area contributed by atoms with Crippen LogP contribution >= 0.6 is 0 Å². The fraction of sp³-hybridized carbons (Fsp3) is 0.433. The summed E-state index contributed by atoms with van der Waals surface area (Å²) in [7, 11) is 3.05. The van der Waals surface area contributed by atoms with Crippen molar-refractivity contribution in [2.75, 3.05) is 59.0 Å². The molecule has 3 aromatic rings. The average Bonchev–Trinajstić information content (AvgIpc) is 2.94. The van der Waals surface area contributed by atoms with Gasteiger partial charge >= 0.3 is 0 Å². The lowest BCUT2D eigenvalue weighted by Gasteiger charge is -2.26. The van der Waals surface area contributed by atoms with Crippen molar-refractivity contribution in [2.45, 2.75) is 32.2 Å². The van der Waals surface area contributed by atoms with Crippen LogP contribution in [0.2, 0.25) is 0 Å². The van der Waals surface area contributed by atoms with E-state index in [1.807, 2.05) is 36.4 Å². The summed E-state index contributed by atoms with van der Waals surface area (Å²) in [6.07, 6.45) is 0. The summed E-state index contributed by atoms with van der Waals surface area (Å²) in [6, 6.07) is 13.5. The molecule has 0 saturated carbocycles. The van der Waals surface area contributed by atoms with Gasteiger partial charge in [0.25, 0.3) is 5.91 Å². The number of carbonyl (C=O) groups excluding carboxylic acids is 1. The summed E-state index contributed by atoms with van der Waals surface area (Å²) < 4.78 is 22.6. The van der Waals surface area contributed by atoms with Crippen molar-refractivity contribution in [3.8, 4) is 17.2 Å². The van der Waals surface area contributed by atoms with E-state index < -0.39 is 11.9 Å². The standard InChI is InChI=1S/C30H37N3O6/c1-30(2,3)20-18-24(28(37-5)26(19-20)36-4)31-29(34)27(32-35)23-10-11-25(22-9-7-6-8-21(22)23)39-17-14-33-12-15-38-16-13-33/h6-11,18-19,27H,12-17H2,1-5H3,(H,31,34). The largest absolute Gasteiger partial charge is 0.493 e. The lowest BCUT2D eigenvalue weighted by atomic mass is 9.86. The van der Waals surface area contributed by atoms with Gasteiger partial charge < -0.3 is 24.3 Å². The maximum Gasteiger partial charge on any atom is 0.257 e. The fourth-order valence-corrected chi connectivity index (χ4v) is 4.71. The molecule has 1 atom stereocenters. The average molecular weight is 536 g/mol. The van der Waals surface area contributed by atoms with E-state index in [0.29, 0.717) is 35.1 Å². The molecule has 0 aromatic heterocycles. The van der Waals surface area contributed by atoms with Crippen molar-refractivity contribution in [1.29, 1.82) is 0 Å². The Morgan fingerprint density at radius 2 is 1.74 bits per heavy atom. The molecule has 1 aliphatic rings. The lowest BCUT2D eigenvalue weighted by molar-refractivity contribution is -0.117. The molecular weight excluding hydrogens is 498 g/mol. The molecule has 39 heavy (non-hydrogen) atoms. The second-order valence-electron chi connectivity index (χ2n) is 10.5. The topological polar surface area (TPSA) is 98.7 Å². The second kappa shape index (κ2) is 12.4. The van der Waals surface area contributed by atoms with Crippen LogP contribution in [0.4, 0.5) is 5.69 Å². The van der Waals surface area contributed by atoms with Gasteiger partial charge in [0.1, 0.15) is 12.4 Å². The molecule has 4 rings (SSSR count). The van der Waals surface area contributed by atoms with E-state index in [4.69, 9.17) is 18.9 Å². The Hall–Kier alpha value is -3.69. The zero-order valence-corrected chi connectivity index (χ0v) is 23.3. The Balaban J connectivity index is 1.61. The number of methoxy groups -OCH3 is 2. The number of hydrogen-bond acceptors (Lipinski definition) is 8. The number of hydrogen-bond donors (Lipinski definition) is 1. The highest BCUT2D eigenvalue weighted by atomic mass is 16.5. The molecule has 9 nitrogen and oxygen atoms in total. The first-order chi connectivity index (χ1) is 18.8. The molecule has 1 fully saturated rings. The molecule has 208 valence electrons. The summed E-state index contributed by atoms with van der Waals surface area (Å²) in [5, 5.41) is 7.64. The van der Waals surface area contributed by atoms with Gasteiger partial charge in [-0.05, 0) is 40.1 Å². The Bertz CT molecular complexity index is 1310. The van der Waals surface area contributed by atoms with Gasteiger partial charge in [0, 0.05) is 25.0 Å². The van der Waals surface area contributed by atoms with Crippen LogP contribution in [-0.2, 0) is 14.9 Å². The number of amides is 1. The quantitative estimate of drug-likeness (QED) is 0.351. The predicted octanol–water partition coefficient (Wildman–Crippen LogP) is 5.31. The van der Waals surface area contributed by atoms with Gasteiger partial charge in [-0.2, -0.15) is 0 Å². The third-order valence-corrected chi connectivity index (χ3v) is 6.94. The first-order valence-corrected chi connectivity index (χ1v) is 13.1. The van der Waals surface area contributed by atoms with Gasteiger partial charge in [0.15, 0.2) is 17.5 Å². The number of rotatable bonds is 10. The highest BCUT2D eigenvalue weighted by molar-refractivity contribution is 6.01. The molecule has 9 heteroatoms. The molecule has 3 aromatic carbocycles. The van der Waals surface area contributed by atoms with Crippen molar-refractivity contribution in [3.05, 3.63) is 64.6 Å². The van der Waals surface area contributed by atoms with Crippen molar-refractivity contribution < 1.29 is 23.7 Å². The van der Waals surface area contributed by atoms with Crippen molar-refractivity contribution in [3.63, 3.8) is 0 Å². The molecule has 1 unspecified atom stereocenters. The second-order valence-corrected chi connectivity index (χ2v) is 10.5. The maximum absolute atomic E-state index is 13.5. The SMILES string of the molecule is COc1cc(C(C)(C)C)cc(NC(=O)C(N=O)c2ccc(OCCN3CCOCC3)c3ccccc23)c1OC. The van der Waals surface area contributed by atoms with Crippen molar-refractivity contribution >= 4 is 22.4 Å². The molecule has 1 N–H and O–H groups in total. The van der Waals surface area contributed by atoms with Crippen LogP contribution in [0.15, 0.2) is 53.7 Å². The van der Waals surface area contributed by atoms with E-state index >= 15 is 0 Å². The highest BCUT2D eigenvalue weighted by Crippen LogP contribution is 2.41. The van der Waals surface area contributed by atoms with E-state index in [9.17, 15) is 9.70 Å². The minimum atomic E-state index is -1.29. The number of nitrogens with zero attached hydrogens (tertiary/aromatic N) is 2. The first-order valence-electron chi connectivity index (χ1n) is 13.1. The monoisotopic (exact) mass is 535 g/mol. The third kappa shape index (κ3) is 6.49. The lowest BCUT2D eigenvalue weighted by Crippen LogP contribution is -2.38. The number of nitrogens with one attached hydrogen (secondary N) is 1. The number of anilines is 1. The normalized spacial score (nSPS) is 15.0. The zero-order valence-electron chi connectivity index (χ0n) is 23.3. The van der Waals surface area contributed by atoms with Crippen LogP contribution in [0.1, 0.15) is 37.9 Å². The summed E-state index contributed by atoms with van der Waals surface area (Å²) in [5.41, 5.74) is 1.63. The van der Waals surface area contributed by atoms with Crippen molar-refractivity contribution in [2.24, 2.45) is 5.18 Å². The minimum absolute atomic E-state index is 0.213. The molecule has 1 heterocycles. The van der Waals surface area contributed by atoms with Crippen LogP contribution in [-0.4, -0.2) is 64.5 Å². The summed E-state index contributed by atoms with van der Waals surface area (Å²) in [4.78, 5) is 27.9. The molecule has 0 radical (unpaired) electrons. The van der Waals surface area contributed by atoms with Gasteiger partial charge in [-0.1, -0.05) is 56.3 Å². The van der Waals surface area contributed by atoms with E-state index in [1.54, 1.807) is 19.2 Å². The molecule has 1 saturated heterocycles. The van der Waals surface area contributed by atoms with E-state index in [0.717, 1.165) is 49.2 Å². The summed E-state index contributed by atoms with van der Waals surface area (Å²) >= 11 is 0. The Morgan fingerprint density at radius 1 is 1.03 bits per heavy atom. The van der Waals surface area contributed by atoms with Crippen LogP contribution < -0.4 is 19.5 Å². The predicted molar refractivity (Wildman–Crippen MR) is 152 cm³/mol. The zero-order chi connectivity index (χ0) is 28.0. The molecule has 1 aliphatic heterocycles. The van der Waals surface area contributed by atoms with Crippen LogP contribution in [0, 0.1) is 4.91 Å². The fourth-order valence-electron chi connectivity index (χ4n) is 4.71. The number of morpholine rings is 1. The van der Waals surface area contributed by atoms with Crippen LogP contribution in [0.5, 0.6) is 17.2 Å². The van der Waals surface area contributed by atoms with Gasteiger partial charge in [-0.15, -0.1) is 4.91 Å². The van der Waals surface area contributed by atoms with Gasteiger partial charge in [-0.25, -0.2) is 0 Å². The summed E-state index contributed by atoms with van der Waals surface area (Å²) in [5.74, 6) is 0.983. The molecule has 1 amide bonds. The third-order valence-electron chi connectivity index (χ3n) is 6.94. The number of benzene rings is 3. The maximum atomic E-state index is 13.5. The van der Waals surface area contributed by atoms with E-state index in [1.165, 1.54) is 7.11 Å². The Labute approximate surface area is 229 Å². The van der Waals surface area contributed by atoms with Crippen LogP contribution in [0.25, 0.3) is 10.8 Å². The Morgan fingerprint density at radius 3 is 2.38 bits per heavy atom. The number of nitroso groups, excluding NO2 is 1. The highest BCUT2D eigenvalue weighted by Gasteiger charge is 2.27.